The highest BCUT2D eigenvalue weighted by Gasteiger charge is 2.04. The molecule has 0 spiro atoms. The Labute approximate surface area is 104 Å². The minimum atomic E-state index is -0.238. The van der Waals surface area contributed by atoms with Crippen molar-refractivity contribution in [3.05, 3.63) is 54.0 Å². The van der Waals surface area contributed by atoms with Gasteiger partial charge in [-0.05, 0) is 42.8 Å². The van der Waals surface area contributed by atoms with E-state index in [2.05, 4.69) is 4.98 Å². The molecule has 17 heavy (non-hydrogen) atoms. The predicted octanol–water partition coefficient (Wildman–Crippen LogP) is 3.39. The summed E-state index contributed by atoms with van der Waals surface area (Å²) < 4.78 is 13.0. The molecule has 0 amide bonds. The van der Waals surface area contributed by atoms with Gasteiger partial charge in [0.15, 0.2) is 0 Å². The van der Waals surface area contributed by atoms with Crippen LogP contribution in [0.5, 0.6) is 0 Å². The Morgan fingerprint density at radius 2 is 2.12 bits per heavy atom. The molecule has 2 rings (SSSR count). The third kappa shape index (κ3) is 3.28. The van der Waals surface area contributed by atoms with E-state index in [1.165, 1.54) is 23.9 Å². The van der Waals surface area contributed by atoms with E-state index in [1.807, 2.05) is 25.1 Å². The number of halogens is 1. The number of rotatable bonds is 3. The summed E-state index contributed by atoms with van der Waals surface area (Å²) in [4.78, 5) is 5.06. The zero-order valence-electron chi connectivity index (χ0n) is 9.43. The van der Waals surface area contributed by atoms with Crippen molar-refractivity contribution in [2.75, 3.05) is 0 Å². The van der Waals surface area contributed by atoms with Crippen LogP contribution in [0.1, 0.15) is 18.5 Å². The number of hydrogen-bond donors (Lipinski definition) is 1. The second kappa shape index (κ2) is 5.29. The molecule has 2 N–H and O–H groups in total. The molecular weight excluding hydrogens is 235 g/mol. The van der Waals surface area contributed by atoms with Crippen LogP contribution in [0.4, 0.5) is 4.39 Å². The molecule has 1 heterocycles. The van der Waals surface area contributed by atoms with Crippen molar-refractivity contribution < 1.29 is 4.39 Å². The zero-order valence-corrected chi connectivity index (χ0v) is 10.2. The van der Waals surface area contributed by atoms with Crippen LogP contribution < -0.4 is 5.73 Å². The van der Waals surface area contributed by atoms with Gasteiger partial charge in [-0.15, -0.1) is 0 Å². The molecule has 0 aliphatic carbocycles. The highest BCUT2D eigenvalue weighted by atomic mass is 32.2. The summed E-state index contributed by atoms with van der Waals surface area (Å²) in [5, 5.41) is 0.824. The Balaban J connectivity index is 2.21. The minimum absolute atomic E-state index is 0.0233. The Kier molecular flexibility index (Phi) is 3.76. The van der Waals surface area contributed by atoms with E-state index in [-0.39, 0.29) is 11.9 Å². The highest BCUT2D eigenvalue weighted by Crippen LogP contribution is 2.27. The lowest BCUT2D eigenvalue weighted by Crippen LogP contribution is -2.04. The van der Waals surface area contributed by atoms with Gasteiger partial charge in [-0.2, -0.15) is 0 Å². The van der Waals surface area contributed by atoms with Crippen molar-refractivity contribution >= 4 is 11.8 Å². The molecule has 2 aromatic rings. The molecule has 1 aromatic carbocycles. The fraction of sp³-hybridized carbons (Fsp3) is 0.154. The predicted molar refractivity (Wildman–Crippen MR) is 67.4 cm³/mol. The summed E-state index contributed by atoms with van der Waals surface area (Å²) in [7, 11) is 0. The number of hydrogen-bond acceptors (Lipinski definition) is 3. The normalized spacial score (nSPS) is 12.4. The van der Waals surface area contributed by atoms with Crippen LogP contribution in [0.15, 0.2) is 52.5 Å². The van der Waals surface area contributed by atoms with Crippen molar-refractivity contribution in [3.63, 3.8) is 0 Å². The molecule has 1 atom stereocenters. The third-order valence-electron chi connectivity index (χ3n) is 2.30. The zero-order chi connectivity index (χ0) is 12.3. The van der Waals surface area contributed by atoms with Crippen molar-refractivity contribution in [3.8, 4) is 0 Å². The Morgan fingerprint density at radius 3 is 2.82 bits per heavy atom. The van der Waals surface area contributed by atoms with Gasteiger partial charge in [0.25, 0.3) is 0 Å². The SMILES string of the molecule is CC(N)c1ccnc(Sc2cccc(F)c2)c1. The maximum absolute atomic E-state index is 13.0. The Morgan fingerprint density at radius 1 is 1.29 bits per heavy atom. The van der Waals surface area contributed by atoms with Gasteiger partial charge in [0.1, 0.15) is 10.8 Å². The van der Waals surface area contributed by atoms with E-state index >= 15 is 0 Å². The van der Waals surface area contributed by atoms with E-state index < -0.39 is 0 Å². The van der Waals surface area contributed by atoms with Gasteiger partial charge in [-0.25, -0.2) is 9.37 Å². The van der Waals surface area contributed by atoms with Crippen LogP contribution in [0.3, 0.4) is 0 Å². The second-order valence-corrected chi connectivity index (χ2v) is 4.87. The molecule has 0 saturated heterocycles. The van der Waals surface area contributed by atoms with Crippen LogP contribution in [0, 0.1) is 5.82 Å². The number of nitrogens with two attached hydrogens (primary N) is 1. The fourth-order valence-corrected chi connectivity index (χ4v) is 2.28. The molecule has 2 nitrogen and oxygen atoms in total. The lowest BCUT2D eigenvalue weighted by molar-refractivity contribution is 0.624. The van der Waals surface area contributed by atoms with Gasteiger partial charge in [0, 0.05) is 17.1 Å². The topological polar surface area (TPSA) is 38.9 Å². The standard InChI is InChI=1S/C13H13FN2S/c1-9(15)10-5-6-16-13(7-10)17-12-4-2-3-11(14)8-12/h2-9H,15H2,1H3. The molecule has 1 aromatic heterocycles. The quantitative estimate of drug-likeness (QED) is 0.905. The van der Waals surface area contributed by atoms with E-state index in [9.17, 15) is 4.39 Å². The van der Waals surface area contributed by atoms with Crippen molar-refractivity contribution in [2.24, 2.45) is 5.73 Å². The monoisotopic (exact) mass is 248 g/mol. The lowest BCUT2D eigenvalue weighted by atomic mass is 10.1. The Hall–Kier alpha value is -1.39. The van der Waals surface area contributed by atoms with E-state index in [0.717, 1.165) is 15.5 Å². The average molecular weight is 248 g/mol. The number of nitrogens with zero attached hydrogens (tertiary/aromatic N) is 1. The van der Waals surface area contributed by atoms with Crippen LogP contribution in [-0.2, 0) is 0 Å². The average Bonchev–Trinajstić information content (AvgIpc) is 2.29. The molecule has 4 heteroatoms. The summed E-state index contributed by atoms with van der Waals surface area (Å²) in [5.74, 6) is -0.238. The number of aromatic nitrogens is 1. The molecule has 0 radical (unpaired) electrons. The summed E-state index contributed by atoms with van der Waals surface area (Å²) in [6.45, 7) is 1.92. The largest absolute Gasteiger partial charge is 0.324 e. The maximum Gasteiger partial charge on any atom is 0.124 e. The minimum Gasteiger partial charge on any atom is -0.324 e. The molecule has 1 unspecified atom stereocenters. The summed E-state index contributed by atoms with van der Waals surface area (Å²) >= 11 is 1.43. The smallest absolute Gasteiger partial charge is 0.124 e. The van der Waals surface area contributed by atoms with Gasteiger partial charge in [0.05, 0.1) is 0 Å². The Bertz CT molecular complexity index is 514. The lowest BCUT2D eigenvalue weighted by Gasteiger charge is -2.07. The van der Waals surface area contributed by atoms with Gasteiger partial charge in [0.2, 0.25) is 0 Å². The van der Waals surface area contributed by atoms with Gasteiger partial charge in [-0.3, -0.25) is 0 Å². The summed E-state index contributed by atoms with van der Waals surface area (Å²) in [6, 6.07) is 10.3. The molecule has 0 fully saturated rings. The van der Waals surface area contributed by atoms with E-state index in [1.54, 1.807) is 12.3 Å². The van der Waals surface area contributed by atoms with Gasteiger partial charge in [-0.1, -0.05) is 17.8 Å². The first-order valence-electron chi connectivity index (χ1n) is 5.30. The van der Waals surface area contributed by atoms with Crippen LogP contribution >= 0.6 is 11.8 Å². The maximum atomic E-state index is 13.0. The molecule has 0 aliphatic rings. The van der Waals surface area contributed by atoms with Crippen LogP contribution in [0.2, 0.25) is 0 Å². The van der Waals surface area contributed by atoms with Crippen molar-refractivity contribution in [1.29, 1.82) is 0 Å². The summed E-state index contributed by atoms with van der Waals surface area (Å²) in [6.07, 6.45) is 1.72. The fourth-order valence-electron chi connectivity index (χ4n) is 1.42. The third-order valence-corrected chi connectivity index (χ3v) is 3.23. The van der Waals surface area contributed by atoms with Crippen molar-refractivity contribution in [2.45, 2.75) is 22.9 Å². The number of benzene rings is 1. The van der Waals surface area contributed by atoms with Gasteiger partial charge >= 0.3 is 0 Å². The first-order valence-corrected chi connectivity index (χ1v) is 6.12. The van der Waals surface area contributed by atoms with Crippen LogP contribution in [-0.4, -0.2) is 4.98 Å². The summed E-state index contributed by atoms with van der Waals surface area (Å²) in [5.41, 5.74) is 6.83. The molecule has 0 aliphatic heterocycles. The molecular formula is C13H13FN2S. The molecule has 88 valence electrons. The first-order chi connectivity index (χ1) is 8.15. The van der Waals surface area contributed by atoms with E-state index in [4.69, 9.17) is 5.73 Å². The van der Waals surface area contributed by atoms with Crippen molar-refractivity contribution in [1.82, 2.24) is 4.98 Å². The van der Waals surface area contributed by atoms with E-state index in [0.29, 0.717) is 0 Å². The van der Waals surface area contributed by atoms with Gasteiger partial charge < -0.3 is 5.73 Å². The molecule has 0 bridgehead atoms. The highest BCUT2D eigenvalue weighted by molar-refractivity contribution is 7.99. The first kappa shape index (κ1) is 12.1. The number of pyridine rings is 1. The molecule has 0 saturated carbocycles. The van der Waals surface area contributed by atoms with Crippen LogP contribution in [0.25, 0.3) is 0 Å². The second-order valence-electron chi connectivity index (χ2n) is 3.78.